The van der Waals surface area contributed by atoms with Crippen LogP contribution < -0.4 is 20.7 Å². The zero-order chi connectivity index (χ0) is 19.6. The molecule has 0 atom stereocenters. The fourth-order valence-corrected chi connectivity index (χ4v) is 2.79. The molecule has 0 spiro atoms. The SMILES string of the molecule is CN=C(NCCc1ccc(OC)cc1)NCC(=O)Nc1cc(Br)ccc1C. The third-order valence-electron chi connectivity index (χ3n) is 3.98. The number of anilines is 1. The van der Waals surface area contributed by atoms with Crippen molar-refractivity contribution in [2.24, 2.45) is 4.99 Å². The van der Waals surface area contributed by atoms with Gasteiger partial charge in [-0.05, 0) is 48.7 Å². The van der Waals surface area contributed by atoms with Gasteiger partial charge in [-0.3, -0.25) is 9.79 Å². The molecule has 6 nitrogen and oxygen atoms in total. The molecule has 0 aromatic heterocycles. The Labute approximate surface area is 168 Å². The molecule has 144 valence electrons. The minimum absolute atomic E-state index is 0.130. The van der Waals surface area contributed by atoms with Crippen LogP contribution in [0.3, 0.4) is 0 Å². The lowest BCUT2D eigenvalue weighted by molar-refractivity contribution is -0.115. The average Bonchev–Trinajstić information content (AvgIpc) is 2.68. The molecule has 2 aromatic rings. The largest absolute Gasteiger partial charge is 0.497 e. The molecule has 1 amide bonds. The van der Waals surface area contributed by atoms with Gasteiger partial charge >= 0.3 is 0 Å². The van der Waals surface area contributed by atoms with Gasteiger partial charge in [0.2, 0.25) is 5.91 Å². The maximum absolute atomic E-state index is 12.2. The number of carbonyl (C=O) groups is 1. The van der Waals surface area contributed by atoms with Gasteiger partial charge in [0, 0.05) is 23.8 Å². The Hall–Kier alpha value is -2.54. The lowest BCUT2D eigenvalue weighted by Crippen LogP contribution is -2.42. The van der Waals surface area contributed by atoms with Crippen molar-refractivity contribution in [1.82, 2.24) is 10.6 Å². The molecule has 0 saturated carbocycles. The lowest BCUT2D eigenvalue weighted by Gasteiger charge is -2.13. The van der Waals surface area contributed by atoms with E-state index in [1.807, 2.05) is 49.4 Å². The number of amides is 1. The maximum Gasteiger partial charge on any atom is 0.243 e. The fraction of sp³-hybridized carbons (Fsp3) is 0.300. The highest BCUT2D eigenvalue weighted by atomic mass is 79.9. The molecular weight excluding hydrogens is 408 g/mol. The molecule has 7 heteroatoms. The van der Waals surface area contributed by atoms with Crippen LogP contribution in [0.15, 0.2) is 51.9 Å². The van der Waals surface area contributed by atoms with Gasteiger partial charge in [0.1, 0.15) is 5.75 Å². The van der Waals surface area contributed by atoms with E-state index in [1.165, 1.54) is 5.56 Å². The molecule has 2 rings (SSSR count). The van der Waals surface area contributed by atoms with Crippen LogP contribution in [0.4, 0.5) is 5.69 Å². The van der Waals surface area contributed by atoms with E-state index < -0.39 is 0 Å². The summed E-state index contributed by atoms with van der Waals surface area (Å²) in [5.74, 6) is 1.30. The smallest absolute Gasteiger partial charge is 0.243 e. The summed E-state index contributed by atoms with van der Waals surface area (Å²) < 4.78 is 6.08. The van der Waals surface area contributed by atoms with E-state index in [4.69, 9.17) is 4.74 Å². The van der Waals surface area contributed by atoms with Gasteiger partial charge in [-0.25, -0.2) is 0 Å². The summed E-state index contributed by atoms with van der Waals surface area (Å²) in [6.45, 7) is 2.79. The number of rotatable bonds is 7. The van der Waals surface area contributed by atoms with Gasteiger partial charge in [0.05, 0.1) is 13.7 Å². The summed E-state index contributed by atoms with van der Waals surface area (Å²) in [4.78, 5) is 16.3. The first-order chi connectivity index (χ1) is 13.0. The molecule has 0 radical (unpaired) electrons. The van der Waals surface area contributed by atoms with E-state index in [1.54, 1.807) is 14.2 Å². The molecule has 0 heterocycles. The average molecular weight is 433 g/mol. The Kier molecular flexibility index (Phi) is 8.13. The molecular formula is C20H25BrN4O2. The molecule has 2 aromatic carbocycles. The van der Waals surface area contributed by atoms with Gasteiger partial charge < -0.3 is 20.7 Å². The molecule has 0 aliphatic heterocycles. The molecule has 0 bridgehead atoms. The number of halogens is 1. The van der Waals surface area contributed by atoms with Crippen molar-refractivity contribution in [2.45, 2.75) is 13.3 Å². The van der Waals surface area contributed by atoms with E-state index in [0.717, 1.165) is 27.9 Å². The number of ether oxygens (including phenoxy) is 1. The van der Waals surface area contributed by atoms with Gasteiger partial charge in [-0.15, -0.1) is 0 Å². The maximum atomic E-state index is 12.2. The number of aryl methyl sites for hydroxylation is 1. The second-order valence-corrected chi connectivity index (χ2v) is 6.87. The van der Waals surface area contributed by atoms with E-state index in [9.17, 15) is 4.79 Å². The van der Waals surface area contributed by atoms with Gasteiger partial charge in [0.25, 0.3) is 0 Å². The third kappa shape index (κ3) is 6.94. The fourth-order valence-electron chi connectivity index (χ4n) is 2.43. The summed E-state index contributed by atoms with van der Waals surface area (Å²) in [7, 11) is 3.33. The number of benzene rings is 2. The Balaban J connectivity index is 1.75. The van der Waals surface area contributed by atoms with Crippen molar-refractivity contribution in [2.75, 3.05) is 32.6 Å². The Bertz CT molecular complexity index is 791. The molecule has 3 N–H and O–H groups in total. The molecule has 0 unspecified atom stereocenters. The number of hydrogen-bond donors (Lipinski definition) is 3. The highest BCUT2D eigenvalue weighted by Crippen LogP contribution is 2.20. The van der Waals surface area contributed by atoms with Crippen LogP contribution in [0.2, 0.25) is 0 Å². The predicted molar refractivity (Wildman–Crippen MR) is 114 cm³/mol. The first-order valence-corrected chi connectivity index (χ1v) is 9.44. The van der Waals surface area contributed by atoms with Gasteiger partial charge in [0.15, 0.2) is 5.96 Å². The zero-order valence-corrected chi connectivity index (χ0v) is 17.4. The monoisotopic (exact) mass is 432 g/mol. The summed E-state index contributed by atoms with van der Waals surface area (Å²) in [6.07, 6.45) is 0.841. The Morgan fingerprint density at radius 1 is 1.15 bits per heavy atom. The standard InChI is InChI=1S/C20H25BrN4O2/c1-14-4-7-16(21)12-18(14)25-19(26)13-24-20(22-2)23-11-10-15-5-8-17(27-3)9-6-15/h4-9,12H,10-11,13H2,1-3H3,(H,25,26)(H2,22,23,24). The highest BCUT2D eigenvalue weighted by molar-refractivity contribution is 9.10. The predicted octanol–water partition coefficient (Wildman–Crippen LogP) is 3.11. The number of nitrogens with one attached hydrogen (secondary N) is 3. The van der Waals surface area contributed by atoms with E-state index in [2.05, 4.69) is 36.9 Å². The Morgan fingerprint density at radius 3 is 2.56 bits per heavy atom. The van der Waals surface area contributed by atoms with Crippen LogP contribution in [0.1, 0.15) is 11.1 Å². The first-order valence-electron chi connectivity index (χ1n) is 8.65. The second kappa shape index (κ2) is 10.6. The minimum Gasteiger partial charge on any atom is -0.497 e. The van der Waals surface area contributed by atoms with Crippen molar-refractivity contribution in [3.63, 3.8) is 0 Å². The number of guanidine groups is 1. The molecule has 0 aliphatic carbocycles. The molecule has 0 saturated heterocycles. The first kappa shape index (κ1) is 20.8. The summed E-state index contributed by atoms with van der Waals surface area (Å²) in [5.41, 5.74) is 2.99. The number of methoxy groups -OCH3 is 1. The summed E-state index contributed by atoms with van der Waals surface area (Å²) in [6, 6.07) is 13.7. The molecule has 0 fully saturated rings. The zero-order valence-electron chi connectivity index (χ0n) is 15.8. The molecule has 27 heavy (non-hydrogen) atoms. The number of carbonyl (C=O) groups excluding carboxylic acids is 1. The van der Waals surface area contributed by atoms with Crippen molar-refractivity contribution in [3.05, 3.63) is 58.1 Å². The van der Waals surface area contributed by atoms with Crippen LogP contribution in [-0.2, 0) is 11.2 Å². The number of aliphatic imine (C=N–C) groups is 1. The summed E-state index contributed by atoms with van der Waals surface area (Å²) >= 11 is 3.41. The van der Waals surface area contributed by atoms with Crippen molar-refractivity contribution in [3.8, 4) is 5.75 Å². The van der Waals surface area contributed by atoms with Crippen molar-refractivity contribution >= 4 is 33.5 Å². The van der Waals surface area contributed by atoms with Crippen LogP contribution in [0.25, 0.3) is 0 Å². The van der Waals surface area contributed by atoms with Gasteiger partial charge in [-0.1, -0.05) is 34.1 Å². The van der Waals surface area contributed by atoms with Gasteiger partial charge in [-0.2, -0.15) is 0 Å². The van der Waals surface area contributed by atoms with E-state index in [-0.39, 0.29) is 12.5 Å². The normalized spacial score (nSPS) is 11.0. The summed E-state index contributed by atoms with van der Waals surface area (Å²) in [5, 5.41) is 9.13. The third-order valence-corrected chi connectivity index (χ3v) is 4.47. The minimum atomic E-state index is -0.130. The highest BCUT2D eigenvalue weighted by Gasteiger charge is 2.07. The van der Waals surface area contributed by atoms with Crippen LogP contribution >= 0.6 is 15.9 Å². The van der Waals surface area contributed by atoms with Crippen molar-refractivity contribution in [1.29, 1.82) is 0 Å². The number of hydrogen-bond acceptors (Lipinski definition) is 3. The van der Waals surface area contributed by atoms with E-state index >= 15 is 0 Å². The molecule has 0 aliphatic rings. The van der Waals surface area contributed by atoms with Crippen molar-refractivity contribution < 1.29 is 9.53 Å². The topological polar surface area (TPSA) is 74.8 Å². The second-order valence-electron chi connectivity index (χ2n) is 5.96. The van der Waals surface area contributed by atoms with Crippen LogP contribution in [0.5, 0.6) is 5.75 Å². The van der Waals surface area contributed by atoms with Crippen LogP contribution in [0, 0.1) is 6.92 Å². The Morgan fingerprint density at radius 2 is 1.89 bits per heavy atom. The quantitative estimate of drug-likeness (QED) is 0.464. The van der Waals surface area contributed by atoms with Crippen LogP contribution in [-0.4, -0.2) is 39.1 Å². The van der Waals surface area contributed by atoms with E-state index in [0.29, 0.717) is 12.5 Å². The lowest BCUT2D eigenvalue weighted by atomic mass is 10.1. The number of nitrogens with zero attached hydrogens (tertiary/aromatic N) is 1.